The number of aryl methyl sites for hydroxylation is 2. The number of thiophene rings is 1. The second kappa shape index (κ2) is 29.4. The summed E-state index contributed by atoms with van der Waals surface area (Å²) in [4.78, 5) is 75.4. The Hall–Kier alpha value is -4.59. The van der Waals surface area contributed by atoms with Crippen LogP contribution < -0.4 is 15.8 Å². The molecule has 1 aromatic carbocycles. The molecule has 0 spiro atoms. The smallest absolute Gasteiger partial charge is 0.246 e. The number of piperazine rings is 1. The van der Waals surface area contributed by atoms with Gasteiger partial charge in [0, 0.05) is 75.5 Å². The highest BCUT2D eigenvalue weighted by Gasteiger charge is 2.44. The van der Waals surface area contributed by atoms with E-state index in [1.807, 2.05) is 57.5 Å². The van der Waals surface area contributed by atoms with E-state index in [-0.39, 0.29) is 75.4 Å². The maximum atomic E-state index is 14.0. The molecule has 0 unspecified atom stereocenters. The molecule has 79 heavy (non-hydrogen) atoms. The molecular weight excluding hydrogens is 1050 g/mol. The molecular formula is C57H82N8O12S2. The summed E-state index contributed by atoms with van der Waals surface area (Å²) in [5.41, 5.74) is 10.7. The van der Waals surface area contributed by atoms with Gasteiger partial charge in [-0.2, -0.15) is 0 Å². The Morgan fingerprint density at radius 3 is 2.14 bits per heavy atom. The number of rotatable bonds is 30. The van der Waals surface area contributed by atoms with E-state index in [9.17, 15) is 29.4 Å². The summed E-state index contributed by atoms with van der Waals surface area (Å²) in [6.07, 6.45) is 5.88. The average Bonchev–Trinajstić information content (AvgIpc) is 4.43. The van der Waals surface area contributed by atoms with Crippen LogP contribution in [0.4, 0.5) is 0 Å². The van der Waals surface area contributed by atoms with Gasteiger partial charge in [-0.3, -0.25) is 29.0 Å². The molecule has 5 N–H and O–H groups in total. The molecule has 8 rings (SSSR count). The van der Waals surface area contributed by atoms with Crippen molar-refractivity contribution in [3.05, 3.63) is 57.8 Å². The van der Waals surface area contributed by atoms with E-state index in [2.05, 4.69) is 30.1 Å². The molecule has 3 aromatic heterocycles. The second-order valence-corrected chi connectivity index (χ2v) is 24.3. The minimum atomic E-state index is -1.17. The lowest BCUT2D eigenvalue weighted by Gasteiger charge is -2.41. The van der Waals surface area contributed by atoms with Gasteiger partial charge in [0.15, 0.2) is 5.78 Å². The third-order valence-electron chi connectivity index (χ3n) is 15.7. The minimum absolute atomic E-state index is 0.0262. The summed E-state index contributed by atoms with van der Waals surface area (Å²) < 4.78 is 35.0. The maximum absolute atomic E-state index is 14.0. The van der Waals surface area contributed by atoms with E-state index in [0.717, 1.165) is 109 Å². The molecule has 3 amide bonds. The number of fused-ring (bicyclic) bond motifs is 3. The van der Waals surface area contributed by atoms with Gasteiger partial charge in [0.25, 0.3) is 0 Å². The number of primary amides is 1. The molecule has 1 saturated carbocycles. The standard InChI is InChI=1S/C57H82N8O12S2/c1-37-51(78-36-62-37)39-7-5-38(6-8-39)32-59-53(70)46-31-42(66)33-65(46)56(71)45(57(2,3)4)30-43(67)34-76-28-27-75-26-25-74-24-23-73-22-21-72-20-19-63-15-17-64(18-16-63)41-10-12-44(13-11-41)77-54-50-49-40(29-47(68)52(58)69)9-14-48(49)79-55(50)61-35-60-54/h5-8,35-36,40-42,44-47,66,68H,9-34H2,1-4H3,(H2,58,69)(H,59,70)/t40-,41?,42-,44?,45-,46+,47+/m1/s1. The lowest BCUT2D eigenvalue weighted by Crippen LogP contribution is -2.52. The van der Waals surface area contributed by atoms with Gasteiger partial charge in [0.05, 0.1) is 87.0 Å². The zero-order chi connectivity index (χ0) is 55.9. The van der Waals surface area contributed by atoms with Crippen molar-refractivity contribution in [3.8, 4) is 16.3 Å². The summed E-state index contributed by atoms with van der Waals surface area (Å²) in [5, 5.41) is 24.7. The van der Waals surface area contributed by atoms with Crippen molar-refractivity contribution < 1.29 is 57.8 Å². The number of amides is 3. The quantitative estimate of drug-likeness (QED) is 0.0518. The monoisotopic (exact) mass is 1130 g/mol. The van der Waals surface area contributed by atoms with Crippen LogP contribution in [0.5, 0.6) is 5.88 Å². The number of β-amino-alcohol motifs (C(OH)–C–C–N with tert-alkyl or cyclic N) is 1. The third-order valence-corrected chi connectivity index (χ3v) is 17.9. The van der Waals surface area contributed by atoms with E-state index in [1.54, 1.807) is 29.0 Å². The lowest BCUT2D eigenvalue weighted by atomic mass is 9.77. The highest BCUT2D eigenvalue weighted by molar-refractivity contribution is 7.19. The number of aliphatic hydroxyl groups excluding tert-OH is 2. The fraction of sp³-hybridized carbons (Fsp3) is 0.667. The number of carbonyl (C=O) groups excluding carboxylic acids is 4. The Bertz CT molecular complexity index is 2600. The summed E-state index contributed by atoms with van der Waals surface area (Å²) in [6, 6.07) is 7.61. The molecule has 22 heteroatoms. The molecule has 4 aromatic rings. The minimum Gasteiger partial charge on any atom is -0.474 e. The SMILES string of the molecule is Cc1ncsc1-c1ccc(CNC(=O)[C@@H]2C[C@@H](O)CN2C(=O)[C@@H](CC(=O)COCCOCCOCCOCCOCCN2CCN(C3CCC(Oc4ncnc5sc6c(c45)[C@@H](C[C@H](O)C(N)=O)CC6)CC3)CC2)C(C)(C)C)cc1. The molecule has 0 bridgehead atoms. The first-order chi connectivity index (χ1) is 38.1. The first kappa shape index (κ1) is 60.5. The number of carbonyl (C=O) groups is 4. The van der Waals surface area contributed by atoms with Crippen LogP contribution in [-0.4, -0.2) is 199 Å². The van der Waals surface area contributed by atoms with Gasteiger partial charge in [-0.25, -0.2) is 15.0 Å². The van der Waals surface area contributed by atoms with Crippen LogP contribution in [0.3, 0.4) is 0 Å². The number of likely N-dealkylation sites (tertiary alicyclic amines) is 1. The van der Waals surface area contributed by atoms with Gasteiger partial charge in [0.2, 0.25) is 23.6 Å². The van der Waals surface area contributed by atoms with Crippen molar-refractivity contribution in [2.45, 2.75) is 128 Å². The number of nitrogens with zero attached hydrogens (tertiary/aromatic N) is 6. The van der Waals surface area contributed by atoms with E-state index in [4.69, 9.17) is 34.2 Å². The number of aliphatic hydroxyl groups is 2. The molecule has 2 aliphatic carbocycles. The predicted molar refractivity (Wildman–Crippen MR) is 300 cm³/mol. The molecule has 5 atom stereocenters. The highest BCUT2D eigenvalue weighted by Crippen LogP contribution is 2.48. The van der Waals surface area contributed by atoms with Crippen LogP contribution >= 0.6 is 22.7 Å². The number of benzene rings is 1. The summed E-state index contributed by atoms with van der Waals surface area (Å²) in [6.45, 7) is 16.6. The molecule has 5 heterocycles. The average molecular weight is 1140 g/mol. The number of Topliss-reactive ketones (excluding diaryl/α,β-unsaturated/α-hetero) is 1. The van der Waals surface area contributed by atoms with Crippen LogP contribution in [0, 0.1) is 18.3 Å². The molecule has 20 nitrogen and oxygen atoms in total. The van der Waals surface area contributed by atoms with Gasteiger partial charge in [-0.05, 0) is 79.9 Å². The second-order valence-electron chi connectivity index (χ2n) is 22.4. The first-order valence-corrected chi connectivity index (χ1v) is 29.8. The molecule has 2 saturated heterocycles. The Morgan fingerprint density at radius 1 is 0.848 bits per heavy atom. The molecule has 0 radical (unpaired) electrons. The number of aromatic nitrogens is 3. The number of nitrogens with two attached hydrogens (primary N) is 1. The molecule has 434 valence electrons. The first-order valence-electron chi connectivity index (χ1n) is 28.2. The Morgan fingerprint density at radius 2 is 1.51 bits per heavy atom. The van der Waals surface area contributed by atoms with Crippen LogP contribution in [-0.2, 0) is 55.8 Å². The normalized spacial score (nSPS) is 21.8. The maximum Gasteiger partial charge on any atom is 0.246 e. The van der Waals surface area contributed by atoms with E-state index < -0.39 is 35.5 Å². The van der Waals surface area contributed by atoms with Gasteiger partial charge in [0.1, 0.15) is 36.0 Å². The van der Waals surface area contributed by atoms with Crippen molar-refractivity contribution in [1.82, 2.24) is 35.0 Å². The topological polar surface area (TPSA) is 251 Å². The van der Waals surface area contributed by atoms with Crippen molar-refractivity contribution >= 4 is 56.4 Å². The predicted octanol–water partition coefficient (Wildman–Crippen LogP) is 4.68. The zero-order valence-electron chi connectivity index (χ0n) is 46.4. The van der Waals surface area contributed by atoms with Gasteiger partial charge < -0.3 is 54.6 Å². The number of ether oxygens (including phenoxy) is 6. The Balaban J connectivity index is 0.609. The summed E-state index contributed by atoms with van der Waals surface area (Å²) in [5.74, 6) is -1.65. The number of hydrogen-bond donors (Lipinski definition) is 4. The van der Waals surface area contributed by atoms with Crippen molar-refractivity contribution in [3.63, 3.8) is 0 Å². The Labute approximate surface area is 472 Å². The largest absolute Gasteiger partial charge is 0.474 e. The van der Waals surface area contributed by atoms with Crippen molar-refractivity contribution in [1.29, 1.82) is 0 Å². The molecule has 4 aliphatic rings. The van der Waals surface area contributed by atoms with E-state index in [0.29, 0.717) is 64.6 Å². The highest BCUT2D eigenvalue weighted by atomic mass is 32.1. The number of ketones is 1. The van der Waals surface area contributed by atoms with Gasteiger partial charge >= 0.3 is 0 Å². The number of nitrogens with one attached hydrogen (secondary N) is 1. The van der Waals surface area contributed by atoms with Crippen LogP contribution in [0.2, 0.25) is 0 Å². The van der Waals surface area contributed by atoms with Gasteiger partial charge in [-0.1, -0.05) is 45.0 Å². The number of thiazole rings is 1. The van der Waals surface area contributed by atoms with E-state index >= 15 is 0 Å². The van der Waals surface area contributed by atoms with Gasteiger partial charge in [-0.15, -0.1) is 22.7 Å². The fourth-order valence-electron chi connectivity index (χ4n) is 11.3. The lowest BCUT2D eigenvalue weighted by molar-refractivity contribution is -0.146. The van der Waals surface area contributed by atoms with Crippen molar-refractivity contribution in [2.75, 3.05) is 105 Å². The fourth-order valence-corrected chi connectivity index (χ4v) is 13.3. The number of hydrogen-bond acceptors (Lipinski definition) is 19. The molecule has 2 aliphatic heterocycles. The van der Waals surface area contributed by atoms with Crippen molar-refractivity contribution in [2.24, 2.45) is 17.1 Å². The third kappa shape index (κ3) is 17.0. The van der Waals surface area contributed by atoms with E-state index in [1.165, 1.54) is 9.78 Å². The Kier molecular flexibility index (Phi) is 22.5. The summed E-state index contributed by atoms with van der Waals surface area (Å²) >= 11 is 3.24. The molecule has 3 fully saturated rings. The van der Waals surface area contributed by atoms with Crippen LogP contribution in [0.1, 0.15) is 99.8 Å². The van der Waals surface area contributed by atoms with Crippen LogP contribution in [0.25, 0.3) is 20.7 Å². The van der Waals surface area contributed by atoms with Crippen LogP contribution in [0.15, 0.2) is 36.1 Å². The summed E-state index contributed by atoms with van der Waals surface area (Å²) in [7, 11) is 0. The zero-order valence-corrected chi connectivity index (χ0v) is 48.1.